The maximum absolute atomic E-state index is 13.3. The Kier molecular flexibility index (Phi) is 4.79. The van der Waals surface area contributed by atoms with Gasteiger partial charge in [-0.25, -0.2) is 9.18 Å². The van der Waals surface area contributed by atoms with Crippen molar-refractivity contribution in [3.8, 4) is 5.75 Å². The van der Waals surface area contributed by atoms with E-state index >= 15 is 0 Å². The molecule has 0 fully saturated rings. The van der Waals surface area contributed by atoms with Gasteiger partial charge in [-0.3, -0.25) is 4.79 Å². The van der Waals surface area contributed by atoms with E-state index in [1.165, 1.54) is 6.07 Å². The smallest absolute Gasteiger partial charge is 0.377 e. The minimum atomic E-state index is -1.70. The van der Waals surface area contributed by atoms with Gasteiger partial charge in [0.25, 0.3) is 5.78 Å². The highest BCUT2D eigenvalue weighted by Crippen LogP contribution is 2.17. The van der Waals surface area contributed by atoms with Crippen LogP contribution in [0.15, 0.2) is 18.2 Å². The third-order valence-electron chi connectivity index (χ3n) is 2.18. The van der Waals surface area contributed by atoms with Crippen molar-refractivity contribution in [2.24, 2.45) is 0 Å². The summed E-state index contributed by atoms with van der Waals surface area (Å²) in [6.45, 7) is 1.01. The van der Waals surface area contributed by atoms with E-state index in [1.54, 1.807) is 0 Å². The second kappa shape index (κ2) is 6.11. The van der Waals surface area contributed by atoms with Crippen LogP contribution in [-0.4, -0.2) is 49.0 Å². The Morgan fingerprint density at radius 2 is 2.06 bits per heavy atom. The zero-order valence-electron chi connectivity index (χ0n) is 10.1. The highest BCUT2D eigenvalue weighted by atomic mass is 19.1. The van der Waals surface area contributed by atoms with Gasteiger partial charge in [0.1, 0.15) is 18.2 Å². The van der Waals surface area contributed by atoms with E-state index in [1.807, 2.05) is 19.0 Å². The third kappa shape index (κ3) is 3.81. The van der Waals surface area contributed by atoms with Crippen LogP contribution in [0.3, 0.4) is 0 Å². The Balaban J connectivity index is 2.81. The molecular formula is C12H14FNO4. The maximum atomic E-state index is 13.3. The van der Waals surface area contributed by atoms with Gasteiger partial charge >= 0.3 is 5.97 Å². The number of nitrogens with zero attached hydrogens (tertiary/aromatic N) is 1. The van der Waals surface area contributed by atoms with Crippen molar-refractivity contribution in [1.82, 2.24) is 4.90 Å². The van der Waals surface area contributed by atoms with E-state index in [0.717, 1.165) is 12.1 Å². The van der Waals surface area contributed by atoms with Crippen LogP contribution in [0.4, 0.5) is 4.39 Å². The molecule has 0 aliphatic rings. The number of carbonyl (C=O) groups is 2. The number of likely N-dealkylation sites (N-methyl/N-ethyl adjacent to an activating group) is 1. The number of aliphatic carboxylic acids is 1. The predicted molar refractivity (Wildman–Crippen MR) is 62.4 cm³/mol. The van der Waals surface area contributed by atoms with E-state index in [4.69, 9.17) is 9.84 Å². The standard InChI is InChI=1S/C12H14FNO4/c1-14(2)5-6-18-8-3-4-10(13)9(7-8)11(15)12(16)17/h3-4,7H,5-6H2,1-2H3,(H,16,17). The van der Waals surface area contributed by atoms with Gasteiger partial charge in [0.2, 0.25) is 0 Å². The summed E-state index contributed by atoms with van der Waals surface area (Å²) in [5.74, 6) is -3.59. The van der Waals surface area contributed by atoms with Crippen LogP contribution in [0.2, 0.25) is 0 Å². The van der Waals surface area contributed by atoms with E-state index in [-0.39, 0.29) is 5.75 Å². The molecule has 0 heterocycles. The monoisotopic (exact) mass is 255 g/mol. The van der Waals surface area contributed by atoms with Gasteiger partial charge in [0.05, 0.1) is 5.56 Å². The van der Waals surface area contributed by atoms with Gasteiger partial charge in [-0.05, 0) is 32.3 Å². The van der Waals surface area contributed by atoms with Gasteiger partial charge in [0.15, 0.2) is 0 Å². The van der Waals surface area contributed by atoms with Crippen molar-refractivity contribution in [1.29, 1.82) is 0 Å². The van der Waals surface area contributed by atoms with Crippen molar-refractivity contribution >= 4 is 11.8 Å². The lowest BCUT2D eigenvalue weighted by Crippen LogP contribution is -2.19. The van der Waals surface area contributed by atoms with Gasteiger partial charge in [0, 0.05) is 6.54 Å². The van der Waals surface area contributed by atoms with Gasteiger partial charge in [-0.1, -0.05) is 0 Å². The van der Waals surface area contributed by atoms with Crippen molar-refractivity contribution in [2.45, 2.75) is 0 Å². The number of rotatable bonds is 6. The molecule has 6 heteroatoms. The summed E-state index contributed by atoms with van der Waals surface area (Å²) in [7, 11) is 3.74. The molecule has 0 amide bonds. The average molecular weight is 255 g/mol. The maximum Gasteiger partial charge on any atom is 0.377 e. The molecule has 0 atom stereocenters. The molecule has 0 unspecified atom stereocenters. The Morgan fingerprint density at radius 3 is 2.61 bits per heavy atom. The molecule has 1 aromatic rings. The fourth-order valence-corrected chi connectivity index (χ4v) is 1.23. The molecule has 98 valence electrons. The summed E-state index contributed by atoms with van der Waals surface area (Å²) >= 11 is 0. The highest BCUT2D eigenvalue weighted by molar-refractivity contribution is 6.39. The van der Waals surface area contributed by atoms with E-state index in [0.29, 0.717) is 13.2 Å². The van der Waals surface area contributed by atoms with Crippen LogP contribution < -0.4 is 4.74 Å². The highest BCUT2D eigenvalue weighted by Gasteiger charge is 2.19. The number of benzene rings is 1. The zero-order valence-corrected chi connectivity index (χ0v) is 10.1. The topological polar surface area (TPSA) is 66.8 Å². The Hall–Kier alpha value is -1.95. The molecule has 0 spiro atoms. The number of ether oxygens (including phenoxy) is 1. The molecule has 0 radical (unpaired) electrons. The molecule has 1 rings (SSSR count). The number of hydrogen-bond donors (Lipinski definition) is 1. The first-order chi connectivity index (χ1) is 8.41. The summed E-state index contributed by atoms with van der Waals surface area (Å²) < 4.78 is 18.6. The quantitative estimate of drug-likeness (QED) is 0.607. The minimum absolute atomic E-state index is 0.267. The summed E-state index contributed by atoms with van der Waals surface area (Å²) in [6, 6.07) is 3.46. The van der Waals surface area contributed by atoms with E-state index in [9.17, 15) is 14.0 Å². The molecule has 0 saturated heterocycles. The lowest BCUT2D eigenvalue weighted by Gasteiger charge is -2.11. The first-order valence-electron chi connectivity index (χ1n) is 5.26. The first-order valence-corrected chi connectivity index (χ1v) is 5.26. The van der Waals surface area contributed by atoms with E-state index in [2.05, 4.69) is 0 Å². The fourth-order valence-electron chi connectivity index (χ4n) is 1.23. The SMILES string of the molecule is CN(C)CCOc1ccc(F)c(C(=O)C(=O)O)c1. The van der Waals surface area contributed by atoms with Crippen molar-refractivity contribution in [2.75, 3.05) is 27.2 Å². The average Bonchev–Trinajstić information content (AvgIpc) is 2.29. The van der Waals surface area contributed by atoms with Crippen molar-refractivity contribution in [3.63, 3.8) is 0 Å². The fraction of sp³-hybridized carbons (Fsp3) is 0.333. The molecular weight excluding hydrogens is 241 g/mol. The third-order valence-corrected chi connectivity index (χ3v) is 2.18. The van der Waals surface area contributed by atoms with Crippen LogP contribution in [0.5, 0.6) is 5.75 Å². The molecule has 18 heavy (non-hydrogen) atoms. The largest absolute Gasteiger partial charge is 0.492 e. The lowest BCUT2D eigenvalue weighted by molar-refractivity contribution is -0.131. The van der Waals surface area contributed by atoms with Gasteiger partial charge in [-0.15, -0.1) is 0 Å². The molecule has 0 bridgehead atoms. The van der Waals surface area contributed by atoms with Crippen molar-refractivity contribution < 1.29 is 23.8 Å². The number of halogens is 1. The normalized spacial score (nSPS) is 10.4. The Labute approximate surface area is 104 Å². The molecule has 1 N–H and O–H groups in total. The summed E-state index contributed by atoms with van der Waals surface area (Å²) in [6.07, 6.45) is 0. The first kappa shape index (κ1) is 14.1. The molecule has 0 aliphatic carbocycles. The zero-order chi connectivity index (χ0) is 13.7. The number of ketones is 1. The number of Topliss-reactive ketones (excluding diaryl/α,β-unsaturated/α-hetero) is 1. The molecule has 0 saturated carbocycles. The summed E-state index contributed by atoms with van der Waals surface area (Å²) in [5.41, 5.74) is -0.496. The summed E-state index contributed by atoms with van der Waals surface area (Å²) in [4.78, 5) is 23.6. The number of carboxylic acids is 1. The molecule has 0 aromatic heterocycles. The Morgan fingerprint density at radius 1 is 1.39 bits per heavy atom. The van der Waals surface area contributed by atoms with Gasteiger partial charge in [-0.2, -0.15) is 0 Å². The van der Waals surface area contributed by atoms with Crippen LogP contribution in [0.25, 0.3) is 0 Å². The summed E-state index contributed by atoms with van der Waals surface area (Å²) in [5, 5.41) is 8.54. The van der Waals surface area contributed by atoms with Crippen LogP contribution >= 0.6 is 0 Å². The van der Waals surface area contributed by atoms with Crippen LogP contribution in [0.1, 0.15) is 10.4 Å². The molecule has 0 aliphatic heterocycles. The molecule has 5 nitrogen and oxygen atoms in total. The lowest BCUT2D eigenvalue weighted by atomic mass is 10.1. The van der Waals surface area contributed by atoms with E-state index < -0.39 is 23.1 Å². The second-order valence-corrected chi connectivity index (χ2v) is 3.93. The van der Waals surface area contributed by atoms with Crippen LogP contribution in [0, 0.1) is 5.82 Å². The van der Waals surface area contributed by atoms with Crippen molar-refractivity contribution in [3.05, 3.63) is 29.6 Å². The molecule has 1 aromatic carbocycles. The Bertz CT molecular complexity index is 459. The number of carbonyl (C=O) groups excluding carboxylic acids is 1. The number of carboxylic acid groups (broad SMARTS) is 1. The minimum Gasteiger partial charge on any atom is -0.492 e. The van der Waals surface area contributed by atoms with Gasteiger partial charge < -0.3 is 14.7 Å². The van der Waals surface area contributed by atoms with Crippen LogP contribution in [-0.2, 0) is 4.79 Å². The predicted octanol–water partition coefficient (Wildman–Crippen LogP) is 1.03. The number of hydrogen-bond acceptors (Lipinski definition) is 4. The second-order valence-electron chi connectivity index (χ2n) is 3.93.